The van der Waals surface area contributed by atoms with Crippen molar-refractivity contribution in [1.82, 2.24) is 9.88 Å². The number of nitrogens with one attached hydrogen (secondary N) is 1. The number of amidine groups is 1. The first-order valence-electron chi connectivity index (χ1n) is 14.8. The maximum absolute atomic E-state index is 13.5. The summed E-state index contributed by atoms with van der Waals surface area (Å²) in [6, 6.07) is 10.6. The first kappa shape index (κ1) is 34.0. The Hall–Kier alpha value is -3.50. The molecule has 0 unspecified atom stereocenters. The van der Waals surface area contributed by atoms with E-state index in [-0.39, 0.29) is 30.8 Å². The third-order valence-corrected chi connectivity index (χ3v) is 7.37. The van der Waals surface area contributed by atoms with Gasteiger partial charge < -0.3 is 14.5 Å². The number of hydrogen-bond donors (Lipinski definition) is 1. The smallest absolute Gasteiger partial charge is 0.416 e. The number of halogens is 6. The van der Waals surface area contributed by atoms with Crippen LogP contribution >= 0.6 is 0 Å². The van der Waals surface area contributed by atoms with Crippen molar-refractivity contribution in [1.29, 1.82) is 5.41 Å². The molecule has 4 rings (SSSR count). The molecule has 11 heteroatoms. The monoisotopic (exact) mass is 610 g/mol. The molecule has 3 aromatic rings. The molecule has 0 aliphatic heterocycles. The minimum absolute atomic E-state index is 0.00473. The van der Waals surface area contributed by atoms with E-state index in [2.05, 4.69) is 4.90 Å². The second-order valence-electron chi connectivity index (χ2n) is 10.4. The van der Waals surface area contributed by atoms with Gasteiger partial charge in [0.05, 0.1) is 29.8 Å². The van der Waals surface area contributed by atoms with E-state index in [0.29, 0.717) is 36.0 Å². The molecule has 0 bridgehead atoms. The van der Waals surface area contributed by atoms with Crippen LogP contribution < -0.4 is 4.90 Å². The molecule has 1 saturated carbocycles. The molecule has 1 N–H and O–H groups in total. The number of anilines is 1. The van der Waals surface area contributed by atoms with E-state index in [9.17, 15) is 26.3 Å². The molecule has 0 atom stereocenters. The molecule has 1 aliphatic carbocycles. The van der Waals surface area contributed by atoms with Crippen molar-refractivity contribution in [3.8, 4) is 0 Å². The zero-order chi connectivity index (χ0) is 31.8. The second kappa shape index (κ2) is 14.8. The molecule has 236 valence electrons. The van der Waals surface area contributed by atoms with Gasteiger partial charge in [0.15, 0.2) is 0 Å². The summed E-state index contributed by atoms with van der Waals surface area (Å²) in [7, 11) is 0. The summed E-state index contributed by atoms with van der Waals surface area (Å²) >= 11 is 0. The van der Waals surface area contributed by atoms with Crippen molar-refractivity contribution in [2.24, 2.45) is 5.92 Å². The lowest BCUT2D eigenvalue weighted by molar-refractivity contribution is -0.143. The maximum atomic E-state index is 13.5. The molecule has 1 fully saturated rings. The van der Waals surface area contributed by atoms with Gasteiger partial charge in [-0.3, -0.25) is 5.41 Å². The first-order chi connectivity index (χ1) is 20.4. The largest absolute Gasteiger partial charge is 0.466 e. The Morgan fingerprint density at radius 2 is 1.51 bits per heavy atom. The van der Waals surface area contributed by atoms with Crippen molar-refractivity contribution in [2.75, 3.05) is 24.6 Å². The highest BCUT2D eigenvalue weighted by atomic mass is 19.4. The van der Waals surface area contributed by atoms with Gasteiger partial charge in [-0.05, 0) is 68.5 Å². The highest BCUT2D eigenvalue weighted by molar-refractivity contribution is 5.82. The third kappa shape index (κ3) is 9.00. The van der Waals surface area contributed by atoms with Gasteiger partial charge in [-0.15, -0.1) is 0 Å². The number of aromatic nitrogens is 1. The first-order valence-corrected chi connectivity index (χ1v) is 14.8. The maximum Gasteiger partial charge on any atom is 0.416 e. The molecule has 0 spiro atoms. The van der Waals surface area contributed by atoms with Crippen LogP contribution in [-0.4, -0.2) is 35.6 Å². The van der Waals surface area contributed by atoms with Gasteiger partial charge in [-0.1, -0.05) is 44.9 Å². The lowest BCUT2D eigenvalue weighted by Crippen LogP contribution is -2.34. The summed E-state index contributed by atoms with van der Waals surface area (Å²) in [5.41, 5.74) is -1.55. The van der Waals surface area contributed by atoms with E-state index in [1.807, 2.05) is 51.1 Å². The van der Waals surface area contributed by atoms with Gasteiger partial charge >= 0.3 is 12.4 Å². The molecule has 1 aromatic heterocycles. The highest BCUT2D eigenvalue weighted by Crippen LogP contribution is 2.37. The number of fused-ring (bicyclic) bond motifs is 1. The average Bonchev–Trinajstić information content (AvgIpc) is 3.49. The third-order valence-electron chi connectivity index (χ3n) is 7.37. The van der Waals surface area contributed by atoms with Crippen molar-refractivity contribution < 1.29 is 31.1 Å². The van der Waals surface area contributed by atoms with Crippen LogP contribution in [0, 0.1) is 11.3 Å². The number of ether oxygens (including phenoxy) is 1. The number of alkyl halides is 6. The molecule has 2 aromatic carbocycles. The van der Waals surface area contributed by atoms with Crippen LogP contribution in [0.4, 0.5) is 32.2 Å². The molecule has 0 amide bonds. The Bertz CT molecular complexity index is 1320. The fourth-order valence-corrected chi connectivity index (χ4v) is 5.37. The number of pyridine rings is 1. The Labute approximate surface area is 249 Å². The van der Waals surface area contributed by atoms with E-state index in [1.54, 1.807) is 6.92 Å². The van der Waals surface area contributed by atoms with E-state index in [0.717, 1.165) is 30.3 Å². The van der Waals surface area contributed by atoms with Gasteiger partial charge in [-0.2, -0.15) is 26.3 Å². The quantitative estimate of drug-likeness (QED) is 0.149. The van der Waals surface area contributed by atoms with Crippen molar-refractivity contribution >= 4 is 22.7 Å². The molecular formula is C32H40F6N4O. The molecule has 0 radical (unpaired) electrons. The van der Waals surface area contributed by atoms with E-state index in [4.69, 9.17) is 15.1 Å². The Morgan fingerprint density at radius 3 is 2.07 bits per heavy atom. The van der Waals surface area contributed by atoms with Gasteiger partial charge in [0.1, 0.15) is 5.82 Å². The fraction of sp³-hybridized carbons (Fsp3) is 0.500. The van der Waals surface area contributed by atoms with Gasteiger partial charge in [0.2, 0.25) is 0 Å². The lowest BCUT2D eigenvalue weighted by Gasteiger charge is -2.30. The summed E-state index contributed by atoms with van der Waals surface area (Å²) in [6.07, 6.45) is -5.33. The fourth-order valence-electron chi connectivity index (χ4n) is 5.37. The number of nitrogens with zero attached hydrogens (tertiary/aromatic N) is 3. The molecular weight excluding hydrogens is 570 g/mol. The van der Waals surface area contributed by atoms with E-state index >= 15 is 0 Å². The number of benzene rings is 2. The topological polar surface area (TPSA) is 52.5 Å². The van der Waals surface area contributed by atoms with Crippen molar-refractivity contribution in [3.63, 3.8) is 0 Å². The Kier molecular flexibility index (Phi) is 11.7. The van der Waals surface area contributed by atoms with Crippen LogP contribution in [0.2, 0.25) is 0 Å². The highest BCUT2D eigenvalue weighted by Gasteiger charge is 2.37. The average molecular weight is 611 g/mol. The van der Waals surface area contributed by atoms with Gasteiger partial charge in [0.25, 0.3) is 6.02 Å². The van der Waals surface area contributed by atoms with Crippen molar-refractivity contribution in [2.45, 2.75) is 78.8 Å². The van der Waals surface area contributed by atoms with Crippen LogP contribution in [-0.2, 0) is 30.2 Å². The molecule has 43 heavy (non-hydrogen) atoms. The predicted octanol–water partition coefficient (Wildman–Crippen LogP) is 9.29. The summed E-state index contributed by atoms with van der Waals surface area (Å²) in [6.45, 7) is 8.86. The normalized spacial score (nSPS) is 13.9. The van der Waals surface area contributed by atoms with E-state index < -0.39 is 30.0 Å². The summed E-state index contributed by atoms with van der Waals surface area (Å²) in [5.74, 6) is 1.20. The molecule has 1 aliphatic rings. The summed E-state index contributed by atoms with van der Waals surface area (Å²) in [4.78, 5) is 8.46. The van der Waals surface area contributed by atoms with Crippen LogP contribution in [0.1, 0.15) is 75.6 Å². The predicted molar refractivity (Wildman–Crippen MR) is 158 cm³/mol. The van der Waals surface area contributed by atoms with Gasteiger partial charge in [-0.25, -0.2) is 4.98 Å². The SMILES string of the molecule is CC.CCOC(=N)N(Cc1cc(C(F)(F)F)cc(C(F)(F)F)c1)Cc1cc2ccccc2nc1N(CC)CC1CCCC1. The number of para-hydroxylation sites is 1. The summed E-state index contributed by atoms with van der Waals surface area (Å²) in [5, 5.41) is 9.33. The number of rotatable bonds is 9. The van der Waals surface area contributed by atoms with E-state index in [1.165, 1.54) is 17.7 Å². The van der Waals surface area contributed by atoms with Crippen LogP contribution in [0.25, 0.3) is 10.9 Å². The van der Waals surface area contributed by atoms with Crippen molar-refractivity contribution in [3.05, 3.63) is 70.8 Å². The Balaban J connectivity index is 0.00000248. The minimum atomic E-state index is -4.97. The van der Waals surface area contributed by atoms with Crippen LogP contribution in [0.15, 0.2) is 48.5 Å². The molecule has 5 nitrogen and oxygen atoms in total. The second-order valence-corrected chi connectivity index (χ2v) is 10.4. The minimum Gasteiger partial charge on any atom is -0.466 e. The number of hydrogen-bond acceptors (Lipinski definition) is 4. The zero-order valence-corrected chi connectivity index (χ0v) is 25.1. The van der Waals surface area contributed by atoms with Gasteiger partial charge in [0, 0.05) is 30.6 Å². The zero-order valence-electron chi connectivity index (χ0n) is 25.1. The van der Waals surface area contributed by atoms with Crippen LogP contribution in [0.3, 0.4) is 0 Å². The lowest BCUT2D eigenvalue weighted by atomic mass is 10.0. The van der Waals surface area contributed by atoms with Crippen LogP contribution in [0.5, 0.6) is 0 Å². The Morgan fingerprint density at radius 1 is 0.907 bits per heavy atom. The molecule has 1 heterocycles. The standard InChI is InChI=1S/C30H34F6N4O.C2H6/c1-3-39(17-20-9-5-6-10-20)27-23(15-22-11-7-8-12-26(22)38-27)19-40(28(37)41-4-2)18-21-13-24(29(31,32)33)16-25(14-21)30(34,35)36;1-2/h7-8,11-16,20,37H,3-6,9-10,17-19H2,1-2H3;1-2H3. The molecule has 0 saturated heterocycles. The summed E-state index contributed by atoms with van der Waals surface area (Å²) < 4.78 is 86.6.